The molecule has 1 aliphatic carbocycles. The van der Waals surface area contributed by atoms with E-state index in [1.54, 1.807) is 24.3 Å². The first kappa shape index (κ1) is 20.7. The standard InChI is InChI=1S/C25H23FN2O3/c1-25(2)11-20(29)23-21(12-25)31-24(28)19(13-27)22(23)16-5-9-18(10-6-16)30-14-15-3-7-17(26)8-4-15/h3-10,22H,11-12,14,28H2,1-2H3/t22-/m0/s1. The molecule has 0 saturated carbocycles. The average molecular weight is 418 g/mol. The lowest BCUT2D eigenvalue weighted by Crippen LogP contribution is -2.33. The molecule has 2 N–H and O–H groups in total. The van der Waals surface area contributed by atoms with Crippen molar-refractivity contribution < 1.29 is 18.7 Å². The number of nitrogens with zero attached hydrogens (tertiary/aromatic N) is 1. The number of allylic oxidation sites excluding steroid dienone is 3. The monoisotopic (exact) mass is 418 g/mol. The Balaban J connectivity index is 1.61. The van der Waals surface area contributed by atoms with E-state index in [1.807, 2.05) is 26.0 Å². The van der Waals surface area contributed by atoms with Gasteiger partial charge in [-0.1, -0.05) is 38.1 Å². The van der Waals surface area contributed by atoms with Gasteiger partial charge in [0.2, 0.25) is 5.88 Å². The summed E-state index contributed by atoms with van der Waals surface area (Å²) in [5.41, 5.74) is 8.22. The second-order valence-electron chi connectivity index (χ2n) is 8.69. The molecule has 2 aliphatic rings. The van der Waals surface area contributed by atoms with Crippen LogP contribution >= 0.6 is 0 Å². The quantitative estimate of drug-likeness (QED) is 0.767. The number of ketones is 1. The van der Waals surface area contributed by atoms with Crippen LogP contribution in [0.25, 0.3) is 0 Å². The van der Waals surface area contributed by atoms with E-state index in [2.05, 4.69) is 6.07 Å². The highest BCUT2D eigenvalue weighted by molar-refractivity contribution is 6.00. The average Bonchev–Trinajstić information content (AvgIpc) is 2.72. The van der Waals surface area contributed by atoms with Crippen LogP contribution in [0.2, 0.25) is 0 Å². The Bertz CT molecular complexity index is 1120. The number of ether oxygens (including phenoxy) is 2. The zero-order chi connectivity index (χ0) is 22.2. The SMILES string of the molecule is CC1(C)CC(=O)C2=C(C1)OC(N)=C(C#N)[C@@H]2c1ccc(OCc2ccc(F)cc2)cc1. The largest absolute Gasteiger partial charge is 0.489 e. The maximum atomic E-state index is 13.0. The van der Waals surface area contributed by atoms with Gasteiger partial charge in [-0.05, 0) is 40.8 Å². The number of nitriles is 1. The van der Waals surface area contributed by atoms with Gasteiger partial charge in [0.15, 0.2) is 5.78 Å². The first-order valence-corrected chi connectivity index (χ1v) is 10.1. The fourth-order valence-electron chi connectivity index (χ4n) is 4.12. The minimum Gasteiger partial charge on any atom is -0.489 e. The topological polar surface area (TPSA) is 85.3 Å². The van der Waals surface area contributed by atoms with E-state index < -0.39 is 5.92 Å². The van der Waals surface area contributed by atoms with Gasteiger partial charge in [-0.3, -0.25) is 4.79 Å². The first-order valence-electron chi connectivity index (χ1n) is 10.1. The molecule has 0 aromatic heterocycles. The Morgan fingerprint density at radius 2 is 1.84 bits per heavy atom. The van der Waals surface area contributed by atoms with Crippen LogP contribution in [0.15, 0.2) is 71.3 Å². The first-order chi connectivity index (χ1) is 14.8. The Hall–Kier alpha value is -3.59. The van der Waals surface area contributed by atoms with Gasteiger partial charge in [0.25, 0.3) is 0 Å². The fraction of sp³-hybridized carbons (Fsp3) is 0.280. The lowest BCUT2D eigenvalue weighted by Gasteiger charge is -2.37. The van der Waals surface area contributed by atoms with Crippen molar-refractivity contribution in [2.75, 3.05) is 0 Å². The highest BCUT2D eigenvalue weighted by atomic mass is 19.1. The summed E-state index contributed by atoms with van der Waals surface area (Å²) in [7, 11) is 0. The molecule has 0 unspecified atom stereocenters. The fourth-order valence-corrected chi connectivity index (χ4v) is 4.12. The van der Waals surface area contributed by atoms with Crippen molar-refractivity contribution in [2.24, 2.45) is 11.1 Å². The lowest BCUT2D eigenvalue weighted by atomic mass is 9.70. The molecule has 1 heterocycles. The number of halogens is 1. The number of carbonyl (C=O) groups is 1. The molecule has 1 atom stereocenters. The van der Waals surface area contributed by atoms with Crippen molar-refractivity contribution in [1.82, 2.24) is 0 Å². The molecule has 6 heteroatoms. The normalized spacial score (nSPS) is 20.1. The van der Waals surface area contributed by atoms with Gasteiger partial charge in [-0.25, -0.2) is 4.39 Å². The van der Waals surface area contributed by atoms with Gasteiger partial charge in [-0.15, -0.1) is 0 Å². The van der Waals surface area contributed by atoms with Crippen molar-refractivity contribution in [3.8, 4) is 11.8 Å². The van der Waals surface area contributed by atoms with E-state index in [-0.39, 0.29) is 28.5 Å². The zero-order valence-corrected chi connectivity index (χ0v) is 17.4. The number of nitrogens with two attached hydrogens (primary N) is 1. The Labute approximate surface area is 180 Å². The molecule has 0 radical (unpaired) electrons. The highest BCUT2D eigenvalue weighted by Crippen LogP contribution is 2.47. The molecule has 0 bridgehead atoms. The van der Waals surface area contributed by atoms with E-state index in [4.69, 9.17) is 15.2 Å². The van der Waals surface area contributed by atoms with E-state index >= 15 is 0 Å². The van der Waals surface area contributed by atoms with Gasteiger partial charge >= 0.3 is 0 Å². The van der Waals surface area contributed by atoms with Crippen LogP contribution in [-0.2, 0) is 16.1 Å². The summed E-state index contributed by atoms with van der Waals surface area (Å²) < 4.78 is 24.5. The summed E-state index contributed by atoms with van der Waals surface area (Å²) in [6.45, 7) is 4.33. The van der Waals surface area contributed by atoms with Gasteiger partial charge < -0.3 is 15.2 Å². The number of hydrogen-bond acceptors (Lipinski definition) is 5. The van der Waals surface area contributed by atoms with Crippen molar-refractivity contribution in [3.05, 3.63) is 88.3 Å². The van der Waals surface area contributed by atoms with Crippen molar-refractivity contribution in [2.45, 2.75) is 39.2 Å². The molecule has 5 nitrogen and oxygen atoms in total. The number of hydrogen-bond donors (Lipinski definition) is 1. The van der Waals surface area contributed by atoms with E-state index in [0.29, 0.717) is 36.5 Å². The Morgan fingerprint density at radius 1 is 1.16 bits per heavy atom. The summed E-state index contributed by atoms with van der Waals surface area (Å²) in [6, 6.07) is 15.5. The molecule has 2 aromatic rings. The summed E-state index contributed by atoms with van der Waals surface area (Å²) in [5, 5.41) is 9.70. The molecule has 4 rings (SSSR count). The van der Waals surface area contributed by atoms with Gasteiger partial charge in [0.05, 0.1) is 5.92 Å². The molecule has 1 aliphatic heterocycles. The number of benzene rings is 2. The van der Waals surface area contributed by atoms with Crippen molar-refractivity contribution in [1.29, 1.82) is 5.26 Å². The predicted molar refractivity (Wildman–Crippen MR) is 113 cm³/mol. The predicted octanol–water partition coefficient (Wildman–Crippen LogP) is 4.86. The molecule has 0 amide bonds. The van der Waals surface area contributed by atoms with Gasteiger partial charge in [0.1, 0.15) is 35.6 Å². The summed E-state index contributed by atoms with van der Waals surface area (Å²) >= 11 is 0. The zero-order valence-electron chi connectivity index (χ0n) is 17.4. The van der Waals surface area contributed by atoms with E-state index in [0.717, 1.165) is 11.1 Å². The highest BCUT2D eigenvalue weighted by Gasteiger charge is 2.42. The van der Waals surface area contributed by atoms with Crippen molar-refractivity contribution in [3.63, 3.8) is 0 Å². The smallest absolute Gasteiger partial charge is 0.205 e. The van der Waals surface area contributed by atoms with Gasteiger partial charge in [-0.2, -0.15) is 5.26 Å². The van der Waals surface area contributed by atoms with Crippen LogP contribution in [0.1, 0.15) is 43.7 Å². The van der Waals surface area contributed by atoms with Crippen LogP contribution in [0, 0.1) is 22.6 Å². The molecule has 0 fully saturated rings. The van der Waals surface area contributed by atoms with E-state index in [1.165, 1.54) is 12.1 Å². The van der Waals surface area contributed by atoms with Crippen LogP contribution in [-0.4, -0.2) is 5.78 Å². The van der Waals surface area contributed by atoms with E-state index in [9.17, 15) is 14.4 Å². The summed E-state index contributed by atoms with van der Waals surface area (Å²) in [6.07, 6.45) is 0.978. The van der Waals surface area contributed by atoms with Crippen LogP contribution in [0.4, 0.5) is 4.39 Å². The Kier molecular flexibility index (Phi) is 5.28. The molecular weight excluding hydrogens is 395 g/mol. The third kappa shape index (κ3) is 4.17. The van der Waals surface area contributed by atoms with Gasteiger partial charge in [0, 0.05) is 18.4 Å². The molecule has 2 aromatic carbocycles. The molecular formula is C25H23FN2O3. The maximum Gasteiger partial charge on any atom is 0.205 e. The molecule has 31 heavy (non-hydrogen) atoms. The third-order valence-corrected chi connectivity index (χ3v) is 5.61. The number of carbonyl (C=O) groups excluding carboxylic acids is 1. The minimum atomic E-state index is -0.552. The lowest BCUT2D eigenvalue weighted by molar-refractivity contribution is -0.119. The number of rotatable bonds is 4. The minimum absolute atomic E-state index is 0.0202. The molecule has 158 valence electrons. The van der Waals surface area contributed by atoms with Crippen LogP contribution in [0.3, 0.4) is 0 Å². The second-order valence-corrected chi connectivity index (χ2v) is 8.69. The third-order valence-electron chi connectivity index (χ3n) is 5.61. The molecule has 0 saturated heterocycles. The summed E-state index contributed by atoms with van der Waals surface area (Å²) in [5.74, 6) is 0.366. The Morgan fingerprint density at radius 3 is 2.48 bits per heavy atom. The van der Waals surface area contributed by atoms with Crippen LogP contribution < -0.4 is 10.5 Å². The molecule has 0 spiro atoms. The maximum absolute atomic E-state index is 13.0. The summed E-state index contributed by atoms with van der Waals surface area (Å²) in [4.78, 5) is 13.0. The second kappa shape index (κ2) is 7.92. The van der Waals surface area contributed by atoms with Crippen molar-refractivity contribution >= 4 is 5.78 Å². The number of Topliss-reactive ketones (excluding diaryl/α,β-unsaturated/α-hetero) is 1. The van der Waals surface area contributed by atoms with Crippen LogP contribution in [0.5, 0.6) is 5.75 Å².